The molecule has 1 heterocycles. The average molecular weight is 1120 g/mol. The van der Waals surface area contributed by atoms with E-state index in [1.165, 1.54) is 0 Å². The van der Waals surface area contributed by atoms with Crippen LogP contribution in [0, 0.1) is 11.8 Å². The lowest BCUT2D eigenvalue weighted by atomic mass is 9.95. The van der Waals surface area contributed by atoms with Crippen molar-refractivity contribution in [3.63, 3.8) is 0 Å². The Kier molecular flexibility index (Phi) is 28.3. The van der Waals surface area contributed by atoms with Crippen molar-refractivity contribution in [1.82, 2.24) is 47.9 Å². The topological polar surface area (TPSA) is 441 Å². The van der Waals surface area contributed by atoms with Crippen LogP contribution in [0.3, 0.4) is 0 Å². The molecule has 1 aromatic rings. The van der Waals surface area contributed by atoms with Crippen LogP contribution in [0.1, 0.15) is 118 Å². The van der Waals surface area contributed by atoms with Crippen molar-refractivity contribution in [2.24, 2.45) is 29.0 Å². The van der Waals surface area contributed by atoms with Crippen LogP contribution in [-0.4, -0.2) is 154 Å². The number of rotatable bonds is 18. The number of ether oxygens (including phenoxy) is 1. The first-order valence-electron chi connectivity index (χ1n) is 26.3. The molecule has 0 aromatic heterocycles. The zero-order valence-corrected chi connectivity index (χ0v) is 46.1. The Labute approximate surface area is 459 Å². The molecule has 27 nitrogen and oxygen atoms in total. The summed E-state index contributed by atoms with van der Waals surface area (Å²) >= 11 is 0. The Balaban J connectivity index is 2.81. The van der Waals surface area contributed by atoms with E-state index in [0.29, 0.717) is 24.8 Å². The highest BCUT2D eigenvalue weighted by Crippen LogP contribution is 2.17. The second-order valence-corrected chi connectivity index (χ2v) is 20.8. The number of benzene rings is 1. The Bertz CT molecular complexity index is 2330. The van der Waals surface area contributed by atoms with E-state index in [-0.39, 0.29) is 50.5 Å². The van der Waals surface area contributed by atoms with Crippen LogP contribution in [0.5, 0.6) is 0 Å². The molecule has 27 heteroatoms. The number of cyclic esters (lactones) is 1. The zero-order chi connectivity index (χ0) is 59.7. The van der Waals surface area contributed by atoms with E-state index in [1.807, 2.05) is 6.92 Å². The fourth-order valence-corrected chi connectivity index (χ4v) is 8.13. The van der Waals surface area contributed by atoms with Gasteiger partial charge in [-0.1, -0.05) is 84.4 Å². The van der Waals surface area contributed by atoms with E-state index in [9.17, 15) is 67.7 Å². The van der Waals surface area contributed by atoms with Crippen molar-refractivity contribution in [1.29, 1.82) is 0 Å². The molecule has 1 saturated heterocycles. The molecule has 1 unspecified atom stereocenters. The van der Waals surface area contributed by atoms with Gasteiger partial charge < -0.3 is 80.0 Å². The molecule has 0 spiro atoms. The molecular weight excluding hydrogens is 1030 g/mol. The minimum Gasteiger partial charge on any atom is -0.481 e. The molecule has 9 atom stereocenters. The molecule has 0 saturated carbocycles. The predicted octanol–water partition coefficient (Wildman–Crippen LogP) is -2.85. The highest BCUT2D eigenvalue weighted by Gasteiger charge is 2.41. The largest absolute Gasteiger partial charge is 0.481 e. The maximum atomic E-state index is 14.1. The van der Waals surface area contributed by atoms with Crippen LogP contribution in [0.2, 0.25) is 0 Å². The summed E-state index contributed by atoms with van der Waals surface area (Å²) in [4.78, 5) is 164. The normalized spacial score (nSPS) is 24.7. The van der Waals surface area contributed by atoms with Gasteiger partial charge in [0.2, 0.25) is 53.2 Å². The summed E-state index contributed by atoms with van der Waals surface area (Å²) in [5.41, 5.74) is 15.1. The highest BCUT2D eigenvalue weighted by atomic mass is 16.5. The van der Waals surface area contributed by atoms with Gasteiger partial charge in [-0.05, 0) is 69.9 Å². The number of carboxylic acids is 1. The fourth-order valence-electron chi connectivity index (χ4n) is 8.13. The third kappa shape index (κ3) is 24.4. The third-order valence-corrected chi connectivity index (χ3v) is 12.2. The van der Waals surface area contributed by atoms with Crippen LogP contribution < -0.4 is 65.1 Å². The number of primary amides is 1. The van der Waals surface area contributed by atoms with Crippen molar-refractivity contribution in [2.45, 2.75) is 179 Å². The van der Waals surface area contributed by atoms with Gasteiger partial charge >= 0.3 is 11.9 Å². The zero-order valence-electron chi connectivity index (χ0n) is 46.1. The molecule has 0 radical (unpaired) electrons. The van der Waals surface area contributed by atoms with Crippen LogP contribution in [0.15, 0.2) is 42.6 Å². The number of aliphatic carboxylic acids is 1. The summed E-state index contributed by atoms with van der Waals surface area (Å²) < 4.78 is 5.67. The SMILES string of the molecule is C=C1NC(=O)[C@H](CCN)NC(=O)[C@H](Cc2ccccc2)NC(=O)[C@H](CN)NC(=O)CC(CCCCC)OC(=O)[C@H](CC(=O)O)NC(=O)[C@@H](C(C)(C)O)NC(=O)[C@H](CC(C)C)NC(=O)[C@H](CC(N)=O)NC(=O)[C@H](CC(C)C)NC1=O. The second-order valence-electron chi connectivity index (χ2n) is 20.8. The standard InChI is InChI=1S/C52H82N12O15/c1-9-10-12-17-31-23-40(66)57-38(26-54)49(75)61-35(22-30-15-13-11-14-16-30)46(72)58-32(18-19-53)44(70)56-29(6)43(69)59-33(20-27(2)3)45(71)62-36(24-39(55)65)47(73)60-34(21-28(4)5)48(74)64-42(52(7,8)78)50(76)63-37(25-41(67)68)51(77)79-31/h11,13-16,27-28,31-38,42,78H,6,9-10,12,17-26,53-54H2,1-5,7-8H3,(H2,55,65)(H,56,70)(H,57,66)(H,58,72)(H,59,69)(H,60,73)(H,61,75)(H,62,71)(H,63,76)(H,64,74)(H,67,68)/t31?,32-,33-,34-,35-,36-,37-,38-,42-/m0/s1. The molecule has 2 rings (SSSR count). The summed E-state index contributed by atoms with van der Waals surface area (Å²) in [5, 5.41) is 42.8. The maximum absolute atomic E-state index is 14.1. The first-order chi connectivity index (χ1) is 37.0. The van der Waals surface area contributed by atoms with Crippen molar-refractivity contribution in [3.8, 4) is 0 Å². The number of nitrogens with one attached hydrogen (secondary N) is 9. The van der Waals surface area contributed by atoms with E-state index in [1.54, 1.807) is 58.0 Å². The quantitative estimate of drug-likeness (QED) is 0.0400. The first kappa shape index (κ1) is 67.6. The molecule has 1 aliphatic rings. The number of nitrogens with two attached hydrogens (primary N) is 3. The summed E-state index contributed by atoms with van der Waals surface area (Å²) in [5.74, 6) is -13.9. The summed E-state index contributed by atoms with van der Waals surface area (Å²) in [6, 6.07) is -4.73. The molecule has 0 bridgehead atoms. The van der Waals surface area contributed by atoms with Crippen LogP contribution in [0.25, 0.3) is 0 Å². The van der Waals surface area contributed by atoms with Crippen LogP contribution in [-0.2, 0) is 68.7 Å². The van der Waals surface area contributed by atoms with Gasteiger partial charge in [-0.25, -0.2) is 4.79 Å². The van der Waals surface area contributed by atoms with Crippen molar-refractivity contribution in [3.05, 3.63) is 48.2 Å². The minimum atomic E-state index is -2.15. The summed E-state index contributed by atoms with van der Waals surface area (Å²) in [7, 11) is 0. The molecule has 440 valence electrons. The Morgan fingerprint density at radius 3 is 1.72 bits per heavy atom. The van der Waals surface area contributed by atoms with Crippen molar-refractivity contribution in [2.75, 3.05) is 13.1 Å². The van der Waals surface area contributed by atoms with Gasteiger partial charge in [-0.3, -0.25) is 52.7 Å². The molecule has 17 N–H and O–H groups in total. The summed E-state index contributed by atoms with van der Waals surface area (Å²) in [6.07, 6.45) is -2.62. The lowest BCUT2D eigenvalue weighted by molar-refractivity contribution is -0.158. The number of carbonyl (C=O) groups is 12. The predicted molar refractivity (Wildman–Crippen MR) is 286 cm³/mol. The number of carbonyl (C=O) groups excluding carboxylic acids is 11. The number of aliphatic hydroxyl groups is 1. The molecule has 1 aromatic carbocycles. The number of hydrogen-bond acceptors (Lipinski definition) is 16. The van der Waals surface area contributed by atoms with Crippen molar-refractivity contribution >= 4 is 71.0 Å². The summed E-state index contributed by atoms with van der Waals surface area (Å²) in [6.45, 7) is 13.8. The molecule has 1 fully saturated rings. The van der Waals surface area contributed by atoms with E-state index in [0.717, 1.165) is 13.8 Å². The lowest BCUT2D eigenvalue weighted by Crippen LogP contribution is -2.63. The van der Waals surface area contributed by atoms with Gasteiger partial charge in [0.1, 0.15) is 54.4 Å². The van der Waals surface area contributed by atoms with E-state index in [4.69, 9.17) is 21.9 Å². The Morgan fingerprint density at radius 2 is 1.18 bits per heavy atom. The lowest BCUT2D eigenvalue weighted by Gasteiger charge is -2.32. The second kappa shape index (κ2) is 33.0. The fraction of sp³-hybridized carbons (Fsp3) is 0.615. The smallest absolute Gasteiger partial charge is 0.329 e. The highest BCUT2D eigenvalue weighted by molar-refractivity contribution is 6.02. The molecule has 79 heavy (non-hydrogen) atoms. The third-order valence-electron chi connectivity index (χ3n) is 12.2. The molecule has 1 aliphatic heterocycles. The average Bonchev–Trinajstić information content (AvgIpc) is 3.34. The molecule has 10 amide bonds. The van der Waals surface area contributed by atoms with Gasteiger partial charge in [0, 0.05) is 13.0 Å². The van der Waals surface area contributed by atoms with E-state index >= 15 is 0 Å². The first-order valence-corrected chi connectivity index (χ1v) is 26.3. The van der Waals surface area contributed by atoms with E-state index in [2.05, 4.69) is 54.4 Å². The van der Waals surface area contributed by atoms with Gasteiger partial charge in [0.05, 0.1) is 30.6 Å². The molecule has 0 aliphatic carbocycles. The maximum Gasteiger partial charge on any atom is 0.329 e. The minimum absolute atomic E-state index is 0.0446. The number of amides is 10. The van der Waals surface area contributed by atoms with Gasteiger partial charge in [0.25, 0.3) is 5.91 Å². The number of esters is 1. The van der Waals surface area contributed by atoms with Gasteiger partial charge in [0.15, 0.2) is 0 Å². The number of carboxylic acid groups (broad SMARTS) is 1. The Morgan fingerprint density at radius 1 is 0.658 bits per heavy atom. The Hall–Kier alpha value is -7.52. The monoisotopic (exact) mass is 1110 g/mol. The molecular formula is C52H82N12O15. The number of hydrogen-bond donors (Lipinski definition) is 14. The number of unbranched alkanes of at least 4 members (excludes halogenated alkanes) is 2. The van der Waals surface area contributed by atoms with Crippen LogP contribution in [0.4, 0.5) is 0 Å². The van der Waals surface area contributed by atoms with Crippen LogP contribution >= 0.6 is 0 Å². The van der Waals surface area contributed by atoms with Gasteiger partial charge in [-0.2, -0.15) is 0 Å². The van der Waals surface area contributed by atoms with E-state index < -0.39 is 163 Å². The van der Waals surface area contributed by atoms with Crippen molar-refractivity contribution < 1.29 is 72.5 Å². The van der Waals surface area contributed by atoms with Gasteiger partial charge in [-0.15, -0.1) is 0 Å².